The summed E-state index contributed by atoms with van der Waals surface area (Å²) in [5.41, 5.74) is 2.12. The van der Waals surface area contributed by atoms with Crippen molar-refractivity contribution in [3.8, 4) is 11.1 Å². The van der Waals surface area contributed by atoms with Gasteiger partial charge >= 0.3 is 0 Å². The van der Waals surface area contributed by atoms with Crippen LogP contribution in [-0.2, 0) is 6.61 Å². The van der Waals surface area contributed by atoms with Gasteiger partial charge in [0, 0.05) is 28.5 Å². The van der Waals surface area contributed by atoms with Crippen molar-refractivity contribution in [2.75, 3.05) is 0 Å². The van der Waals surface area contributed by atoms with E-state index in [0.29, 0.717) is 26.2 Å². The lowest BCUT2D eigenvalue weighted by molar-refractivity contribution is 0.281. The fourth-order valence-corrected chi connectivity index (χ4v) is 2.56. The summed E-state index contributed by atoms with van der Waals surface area (Å²) in [7, 11) is 0. The predicted molar refractivity (Wildman–Crippen MR) is 70.6 cm³/mol. The smallest absolute Gasteiger partial charge is 0.0697 e. The van der Waals surface area contributed by atoms with E-state index in [9.17, 15) is 0 Å². The maximum atomic E-state index is 9.06. The summed E-state index contributed by atoms with van der Waals surface area (Å²) >= 11 is 18.1. The van der Waals surface area contributed by atoms with Gasteiger partial charge in [-0.1, -0.05) is 34.8 Å². The van der Waals surface area contributed by atoms with Crippen LogP contribution >= 0.6 is 34.8 Å². The van der Waals surface area contributed by atoms with Crippen molar-refractivity contribution in [3.63, 3.8) is 0 Å². The largest absolute Gasteiger partial charge is 0.392 e. The molecule has 88 valence electrons. The van der Waals surface area contributed by atoms with Gasteiger partial charge in [-0.15, -0.1) is 0 Å². The summed E-state index contributed by atoms with van der Waals surface area (Å²) in [5.74, 6) is 0. The number of rotatable bonds is 2. The van der Waals surface area contributed by atoms with Crippen molar-refractivity contribution in [3.05, 3.63) is 51.2 Å². The molecule has 0 saturated heterocycles. The van der Waals surface area contributed by atoms with Crippen LogP contribution in [0, 0.1) is 0 Å². The maximum absolute atomic E-state index is 9.06. The molecule has 0 bridgehead atoms. The Morgan fingerprint density at radius 1 is 1.00 bits per heavy atom. The van der Waals surface area contributed by atoms with E-state index in [4.69, 9.17) is 39.9 Å². The van der Waals surface area contributed by atoms with Gasteiger partial charge in [0.25, 0.3) is 0 Å². The van der Waals surface area contributed by atoms with Gasteiger partial charge in [-0.05, 0) is 23.8 Å². The minimum Gasteiger partial charge on any atom is -0.392 e. The van der Waals surface area contributed by atoms with Crippen LogP contribution < -0.4 is 0 Å². The topological polar surface area (TPSA) is 33.1 Å². The average Bonchev–Trinajstić information content (AvgIpc) is 2.28. The second-order valence-corrected chi connectivity index (χ2v) is 4.74. The van der Waals surface area contributed by atoms with E-state index >= 15 is 0 Å². The Balaban J connectivity index is 2.60. The lowest BCUT2D eigenvalue weighted by atomic mass is 10.1. The van der Waals surface area contributed by atoms with E-state index in [-0.39, 0.29) is 6.61 Å². The number of aliphatic hydroxyl groups is 1. The molecule has 0 aliphatic rings. The van der Waals surface area contributed by atoms with E-state index in [1.165, 1.54) is 0 Å². The molecule has 0 spiro atoms. The summed E-state index contributed by atoms with van der Waals surface area (Å²) in [6.07, 6.45) is 3.22. The van der Waals surface area contributed by atoms with Gasteiger partial charge in [-0.3, -0.25) is 4.98 Å². The van der Waals surface area contributed by atoms with E-state index in [1.54, 1.807) is 30.6 Å². The van der Waals surface area contributed by atoms with Crippen LogP contribution in [0.2, 0.25) is 15.1 Å². The highest BCUT2D eigenvalue weighted by Crippen LogP contribution is 2.37. The third kappa shape index (κ3) is 2.72. The van der Waals surface area contributed by atoms with Crippen LogP contribution in [0.5, 0.6) is 0 Å². The molecular formula is C12H8Cl3NO. The van der Waals surface area contributed by atoms with Gasteiger partial charge < -0.3 is 5.11 Å². The van der Waals surface area contributed by atoms with Crippen molar-refractivity contribution in [1.29, 1.82) is 0 Å². The maximum Gasteiger partial charge on any atom is 0.0697 e. The molecule has 5 heteroatoms. The Labute approximate surface area is 114 Å². The number of nitrogens with zero attached hydrogens (tertiary/aromatic N) is 1. The zero-order valence-corrected chi connectivity index (χ0v) is 10.9. The molecule has 0 saturated carbocycles. The van der Waals surface area contributed by atoms with Crippen LogP contribution in [0.4, 0.5) is 0 Å². The molecule has 17 heavy (non-hydrogen) atoms. The first-order valence-corrected chi connectivity index (χ1v) is 5.95. The van der Waals surface area contributed by atoms with Crippen LogP contribution in [0.1, 0.15) is 5.56 Å². The second kappa shape index (κ2) is 5.23. The van der Waals surface area contributed by atoms with Crippen molar-refractivity contribution in [2.24, 2.45) is 0 Å². The van der Waals surface area contributed by atoms with E-state index in [1.807, 2.05) is 0 Å². The first-order chi connectivity index (χ1) is 8.11. The number of halogens is 3. The Kier molecular flexibility index (Phi) is 3.89. The SMILES string of the molecule is OCc1cncc(-c2c(Cl)cc(Cl)cc2Cl)c1. The number of pyridine rings is 1. The Hall–Kier alpha value is -0.800. The van der Waals surface area contributed by atoms with Crippen molar-refractivity contribution in [1.82, 2.24) is 4.98 Å². The third-order valence-electron chi connectivity index (χ3n) is 2.27. The Morgan fingerprint density at radius 3 is 2.24 bits per heavy atom. The fourth-order valence-electron chi connectivity index (χ4n) is 1.53. The first-order valence-electron chi connectivity index (χ1n) is 4.81. The van der Waals surface area contributed by atoms with Crippen LogP contribution in [0.15, 0.2) is 30.6 Å². The van der Waals surface area contributed by atoms with Gasteiger partial charge in [0.05, 0.1) is 16.7 Å². The minimum atomic E-state index is -0.0797. The van der Waals surface area contributed by atoms with E-state index in [2.05, 4.69) is 4.98 Å². The molecule has 1 heterocycles. The Morgan fingerprint density at radius 2 is 1.65 bits per heavy atom. The molecule has 2 aromatic rings. The van der Waals surface area contributed by atoms with Gasteiger partial charge in [-0.2, -0.15) is 0 Å². The second-order valence-electron chi connectivity index (χ2n) is 3.48. The molecule has 1 aromatic carbocycles. The molecule has 0 fully saturated rings. The zero-order chi connectivity index (χ0) is 12.4. The number of aromatic nitrogens is 1. The molecule has 0 unspecified atom stereocenters. The quantitative estimate of drug-likeness (QED) is 0.898. The lowest BCUT2D eigenvalue weighted by Gasteiger charge is -2.08. The summed E-state index contributed by atoms with van der Waals surface area (Å²) in [6.45, 7) is -0.0797. The Bertz CT molecular complexity index is 534. The molecule has 2 nitrogen and oxygen atoms in total. The molecule has 1 N–H and O–H groups in total. The van der Waals surface area contributed by atoms with E-state index < -0.39 is 0 Å². The van der Waals surface area contributed by atoms with Crippen LogP contribution in [0.3, 0.4) is 0 Å². The number of aliphatic hydroxyl groups excluding tert-OH is 1. The minimum absolute atomic E-state index is 0.0797. The fraction of sp³-hybridized carbons (Fsp3) is 0.0833. The molecule has 0 atom stereocenters. The van der Waals surface area contributed by atoms with Crippen molar-refractivity contribution < 1.29 is 5.11 Å². The number of hydrogen-bond donors (Lipinski definition) is 1. The molecule has 2 rings (SSSR count). The molecule has 0 amide bonds. The summed E-state index contributed by atoms with van der Waals surface area (Å²) in [6, 6.07) is 5.03. The molecule has 1 aromatic heterocycles. The van der Waals surface area contributed by atoms with Gasteiger partial charge in [0.1, 0.15) is 0 Å². The highest BCUT2D eigenvalue weighted by molar-refractivity contribution is 6.41. The van der Waals surface area contributed by atoms with Crippen molar-refractivity contribution >= 4 is 34.8 Å². The third-order valence-corrected chi connectivity index (χ3v) is 3.09. The summed E-state index contributed by atoms with van der Waals surface area (Å²) < 4.78 is 0. The van der Waals surface area contributed by atoms with Gasteiger partial charge in [0.15, 0.2) is 0 Å². The van der Waals surface area contributed by atoms with Gasteiger partial charge in [-0.25, -0.2) is 0 Å². The standard InChI is InChI=1S/C12H8Cl3NO/c13-9-2-10(14)12(11(15)3-9)8-1-7(6-17)4-16-5-8/h1-5,17H,6H2. The monoisotopic (exact) mass is 287 g/mol. The predicted octanol–water partition coefficient (Wildman–Crippen LogP) is 4.20. The molecule has 0 aliphatic carbocycles. The van der Waals surface area contributed by atoms with Crippen molar-refractivity contribution in [2.45, 2.75) is 6.61 Å². The number of benzene rings is 1. The number of hydrogen-bond acceptors (Lipinski definition) is 2. The van der Waals surface area contributed by atoms with Gasteiger partial charge in [0.2, 0.25) is 0 Å². The van der Waals surface area contributed by atoms with Crippen LogP contribution in [0.25, 0.3) is 11.1 Å². The first kappa shape index (κ1) is 12.7. The average molecular weight is 289 g/mol. The lowest BCUT2D eigenvalue weighted by Crippen LogP contribution is -1.89. The van der Waals surface area contributed by atoms with E-state index in [0.717, 1.165) is 5.56 Å². The zero-order valence-electron chi connectivity index (χ0n) is 8.62. The highest BCUT2D eigenvalue weighted by atomic mass is 35.5. The molecule has 0 radical (unpaired) electrons. The summed E-state index contributed by atoms with van der Waals surface area (Å²) in [5, 5.41) is 10.5. The summed E-state index contributed by atoms with van der Waals surface area (Å²) in [4.78, 5) is 4.03. The normalized spacial score (nSPS) is 10.6. The highest BCUT2D eigenvalue weighted by Gasteiger charge is 2.10. The molecule has 0 aliphatic heterocycles. The molecular weight excluding hydrogens is 280 g/mol. The van der Waals surface area contributed by atoms with Crippen LogP contribution in [-0.4, -0.2) is 10.1 Å².